The van der Waals surface area contributed by atoms with Crippen molar-refractivity contribution in [2.24, 2.45) is 0 Å². The number of carbonyl (C=O) groups excluding carboxylic acids is 1. The molecule has 0 saturated carbocycles. The molecule has 4 N–H and O–H groups in total. The Hall–Kier alpha value is -0.910. The topological polar surface area (TPSA) is 50.1 Å². The van der Waals surface area contributed by atoms with Gasteiger partial charge in [0.05, 0.1) is 13.1 Å². The highest BCUT2D eigenvalue weighted by Crippen LogP contribution is 2.20. The summed E-state index contributed by atoms with van der Waals surface area (Å²) in [5.41, 5.74) is 2.02. The van der Waals surface area contributed by atoms with Gasteiger partial charge in [0.15, 0.2) is 6.54 Å². The number of benzene rings is 1. The van der Waals surface area contributed by atoms with E-state index in [9.17, 15) is 4.79 Å². The van der Waals surface area contributed by atoms with Gasteiger partial charge in [-0.3, -0.25) is 4.79 Å². The molecule has 5 heteroatoms. The summed E-state index contributed by atoms with van der Waals surface area (Å²) in [6.07, 6.45) is 4.11. The minimum absolute atomic E-state index is 0.0689. The number of amides is 1. The Morgan fingerprint density at radius 3 is 2.81 bits per heavy atom. The largest absolute Gasteiger partial charge is 0.334 e. The van der Waals surface area contributed by atoms with Crippen molar-refractivity contribution in [2.45, 2.75) is 26.2 Å². The first-order valence-electron chi connectivity index (χ1n) is 7.86. The van der Waals surface area contributed by atoms with Crippen molar-refractivity contribution >= 4 is 27.5 Å². The molecule has 0 aliphatic carbocycles. The lowest BCUT2D eigenvalue weighted by atomic mass is 10.1. The van der Waals surface area contributed by atoms with Crippen LogP contribution in [0.2, 0.25) is 0 Å². The highest BCUT2D eigenvalue weighted by atomic mass is 79.9. The highest BCUT2D eigenvalue weighted by molar-refractivity contribution is 9.10. The van der Waals surface area contributed by atoms with Crippen LogP contribution in [0, 0.1) is 6.92 Å². The summed E-state index contributed by atoms with van der Waals surface area (Å²) < 4.78 is 1.03. The van der Waals surface area contributed by atoms with Crippen molar-refractivity contribution in [1.29, 1.82) is 0 Å². The van der Waals surface area contributed by atoms with Crippen molar-refractivity contribution in [1.82, 2.24) is 0 Å². The van der Waals surface area contributed by atoms with Crippen LogP contribution in [0.3, 0.4) is 0 Å². The molecule has 1 saturated heterocycles. The van der Waals surface area contributed by atoms with Gasteiger partial charge in [0.2, 0.25) is 0 Å². The van der Waals surface area contributed by atoms with E-state index in [1.165, 1.54) is 44.5 Å². The van der Waals surface area contributed by atoms with Gasteiger partial charge < -0.3 is 15.5 Å². The van der Waals surface area contributed by atoms with Crippen LogP contribution >= 0.6 is 15.9 Å². The molecule has 4 nitrogen and oxygen atoms in total. The maximum atomic E-state index is 11.9. The van der Waals surface area contributed by atoms with Gasteiger partial charge in [0.1, 0.15) is 13.1 Å². The Bertz CT molecular complexity index is 473. The van der Waals surface area contributed by atoms with Crippen molar-refractivity contribution in [3.05, 3.63) is 28.2 Å². The molecule has 0 radical (unpaired) electrons. The monoisotopic (exact) mass is 355 g/mol. The number of hydrogen-bond acceptors (Lipinski definition) is 1. The van der Waals surface area contributed by atoms with Crippen molar-refractivity contribution in [3.8, 4) is 0 Å². The van der Waals surface area contributed by atoms with E-state index in [0.29, 0.717) is 6.54 Å². The first kappa shape index (κ1) is 16.5. The lowest BCUT2D eigenvalue weighted by Crippen LogP contribution is -3.15. The van der Waals surface area contributed by atoms with E-state index < -0.39 is 0 Å². The summed E-state index contributed by atoms with van der Waals surface area (Å²) in [4.78, 5) is 13.6. The quantitative estimate of drug-likeness (QED) is 0.632. The molecule has 1 aliphatic heterocycles. The molecule has 1 aromatic carbocycles. The van der Waals surface area contributed by atoms with Gasteiger partial charge in [-0.15, -0.1) is 0 Å². The maximum Gasteiger partial charge on any atom is 0.279 e. The molecule has 0 unspecified atom stereocenters. The van der Waals surface area contributed by atoms with E-state index in [-0.39, 0.29) is 5.91 Å². The van der Waals surface area contributed by atoms with Crippen molar-refractivity contribution in [3.63, 3.8) is 0 Å². The Morgan fingerprint density at radius 1 is 1.33 bits per heavy atom. The van der Waals surface area contributed by atoms with E-state index in [1.54, 1.807) is 4.90 Å². The molecule has 1 heterocycles. The van der Waals surface area contributed by atoms with Crippen LogP contribution in [0.1, 0.15) is 24.8 Å². The van der Waals surface area contributed by atoms with E-state index in [1.807, 2.05) is 25.1 Å². The van der Waals surface area contributed by atoms with Crippen LogP contribution in [0.15, 0.2) is 22.7 Å². The third-order valence-corrected chi connectivity index (χ3v) is 4.90. The molecule has 2 rings (SSSR count). The molecule has 1 amide bonds. The van der Waals surface area contributed by atoms with E-state index in [2.05, 4.69) is 26.6 Å². The highest BCUT2D eigenvalue weighted by Gasteiger charge is 2.14. The number of carbonyl (C=O) groups is 1. The lowest BCUT2D eigenvalue weighted by Gasteiger charge is -2.22. The van der Waals surface area contributed by atoms with E-state index in [4.69, 9.17) is 0 Å². The summed E-state index contributed by atoms with van der Waals surface area (Å²) in [6.45, 7) is 7.34. The number of hydrogen-bond donors (Lipinski definition) is 3. The second kappa shape index (κ2) is 8.51. The maximum absolute atomic E-state index is 11.9. The predicted molar refractivity (Wildman–Crippen MR) is 88.6 cm³/mol. The number of nitrogens with two attached hydrogens (primary N) is 1. The lowest BCUT2D eigenvalue weighted by molar-refractivity contribution is -0.916. The number of rotatable bonds is 6. The van der Waals surface area contributed by atoms with E-state index >= 15 is 0 Å². The van der Waals surface area contributed by atoms with Crippen molar-refractivity contribution in [2.75, 3.05) is 38.0 Å². The smallest absolute Gasteiger partial charge is 0.279 e. The average Bonchev–Trinajstić information content (AvgIpc) is 2.49. The van der Waals surface area contributed by atoms with Gasteiger partial charge in [-0.05, 0) is 43.9 Å². The van der Waals surface area contributed by atoms with Crippen LogP contribution in [0.25, 0.3) is 0 Å². The second-order valence-corrected chi connectivity index (χ2v) is 6.71. The molecular weight excluding hydrogens is 330 g/mol. The standard InChI is InChI=1S/C16H24BrN3O/c1-13-5-6-14(11-15(13)17)19-16(21)12-18-7-10-20-8-3-2-4-9-20/h5-6,11,18H,2-4,7-10,12H2,1H3,(H,19,21)/p+2. The third kappa shape index (κ3) is 5.77. The number of aryl methyl sites for hydroxylation is 1. The number of likely N-dealkylation sites (tertiary alicyclic amines) is 1. The van der Waals surface area contributed by atoms with Crippen LogP contribution in [0.5, 0.6) is 0 Å². The summed E-state index contributed by atoms with van der Waals surface area (Å²) in [6, 6.07) is 5.89. The second-order valence-electron chi connectivity index (χ2n) is 5.85. The Kier molecular flexibility index (Phi) is 6.67. The predicted octanol–water partition coefficient (Wildman–Crippen LogP) is 0.328. The fourth-order valence-electron chi connectivity index (χ4n) is 2.72. The normalized spacial score (nSPS) is 15.9. The van der Waals surface area contributed by atoms with Crippen LogP contribution < -0.4 is 15.5 Å². The van der Waals surface area contributed by atoms with E-state index in [0.717, 1.165) is 16.7 Å². The molecule has 0 aromatic heterocycles. The molecule has 0 spiro atoms. The Morgan fingerprint density at radius 2 is 2.10 bits per heavy atom. The van der Waals surface area contributed by atoms with Gasteiger partial charge in [-0.2, -0.15) is 0 Å². The molecule has 21 heavy (non-hydrogen) atoms. The molecule has 1 aromatic rings. The minimum Gasteiger partial charge on any atom is -0.334 e. The molecule has 0 bridgehead atoms. The van der Waals surface area contributed by atoms with Gasteiger partial charge in [0.25, 0.3) is 5.91 Å². The van der Waals surface area contributed by atoms with Crippen LogP contribution in [-0.2, 0) is 4.79 Å². The first-order valence-corrected chi connectivity index (χ1v) is 8.65. The van der Waals surface area contributed by atoms with Gasteiger partial charge in [-0.1, -0.05) is 22.0 Å². The fraction of sp³-hybridized carbons (Fsp3) is 0.562. The SMILES string of the molecule is Cc1ccc(NC(=O)C[NH2+]CC[NH+]2CCCCC2)cc1Br. The number of nitrogens with one attached hydrogen (secondary N) is 2. The number of halogens is 1. The van der Waals surface area contributed by atoms with Gasteiger partial charge >= 0.3 is 0 Å². The fourth-order valence-corrected chi connectivity index (χ4v) is 3.10. The zero-order chi connectivity index (χ0) is 15.1. The summed E-state index contributed by atoms with van der Waals surface area (Å²) in [5, 5.41) is 5.05. The zero-order valence-electron chi connectivity index (χ0n) is 12.8. The summed E-state index contributed by atoms with van der Waals surface area (Å²) >= 11 is 3.48. The summed E-state index contributed by atoms with van der Waals surface area (Å²) in [5.74, 6) is 0.0689. The zero-order valence-corrected chi connectivity index (χ0v) is 14.3. The molecular formula is C16H26BrN3O+2. The Balaban J connectivity index is 1.63. The first-order chi connectivity index (χ1) is 10.1. The average molecular weight is 356 g/mol. The molecule has 0 atom stereocenters. The van der Waals surface area contributed by atoms with Crippen LogP contribution in [-0.4, -0.2) is 38.6 Å². The summed E-state index contributed by atoms with van der Waals surface area (Å²) in [7, 11) is 0. The van der Waals surface area contributed by atoms with Gasteiger partial charge in [-0.25, -0.2) is 0 Å². The van der Waals surface area contributed by atoms with Crippen molar-refractivity contribution < 1.29 is 15.0 Å². The molecule has 1 aliphatic rings. The third-order valence-electron chi connectivity index (χ3n) is 4.05. The van der Waals surface area contributed by atoms with Crippen LogP contribution in [0.4, 0.5) is 5.69 Å². The molecule has 1 fully saturated rings. The Labute approximate surface area is 135 Å². The number of piperidine rings is 1. The van der Waals surface area contributed by atoms with Gasteiger partial charge in [0, 0.05) is 10.2 Å². The minimum atomic E-state index is 0.0689. The number of anilines is 1. The number of quaternary nitrogens is 2. The molecule has 116 valence electrons.